The zero-order chi connectivity index (χ0) is 12.4. The number of hydrogen-bond donors (Lipinski definition) is 0. The summed E-state index contributed by atoms with van der Waals surface area (Å²) in [5, 5.41) is 0. The predicted molar refractivity (Wildman–Crippen MR) is 65.0 cm³/mol. The molecular weight excluding hydrogens is 232 g/mol. The number of benzene rings is 1. The van der Waals surface area contributed by atoms with E-state index in [9.17, 15) is 0 Å². The van der Waals surface area contributed by atoms with E-state index in [1.807, 2.05) is 24.3 Å². The Kier molecular flexibility index (Phi) is 2.72. The molecule has 0 amide bonds. The van der Waals surface area contributed by atoms with E-state index in [4.69, 9.17) is 14.2 Å². The Labute approximate surface area is 104 Å². The molecule has 1 aromatic carbocycles. The SMILES string of the molecule is COc1nccc(-c2ccc3c(c2)OCCO3)n1. The van der Waals surface area contributed by atoms with Crippen LogP contribution >= 0.6 is 0 Å². The molecule has 0 saturated carbocycles. The molecule has 0 radical (unpaired) electrons. The molecule has 0 aliphatic carbocycles. The standard InChI is InChI=1S/C13H12N2O3/c1-16-13-14-5-4-10(15-13)9-2-3-11-12(8-9)18-7-6-17-11/h2-5,8H,6-7H2,1H3. The van der Waals surface area contributed by atoms with Gasteiger partial charge in [-0.2, -0.15) is 4.98 Å². The molecule has 0 bridgehead atoms. The van der Waals surface area contributed by atoms with Crippen LogP contribution in [0.1, 0.15) is 0 Å². The Bertz CT molecular complexity index is 572. The van der Waals surface area contributed by atoms with Gasteiger partial charge in [0.1, 0.15) is 13.2 Å². The highest BCUT2D eigenvalue weighted by molar-refractivity contribution is 5.64. The van der Waals surface area contributed by atoms with Crippen LogP contribution in [0.2, 0.25) is 0 Å². The number of nitrogens with zero attached hydrogens (tertiary/aromatic N) is 2. The molecule has 0 atom stereocenters. The summed E-state index contributed by atoms with van der Waals surface area (Å²) in [6, 6.07) is 7.92. The van der Waals surface area contributed by atoms with E-state index in [-0.39, 0.29) is 0 Å². The van der Waals surface area contributed by atoms with Crippen molar-refractivity contribution >= 4 is 0 Å². The van der Waals surface area contributed by atoms with Gasteiger partial charge in [-0.1, -0.05) is 0 Å². The monoisotopic (exact) mass is 244 g/mol. The smallest absolute Gasteiger partial charge is 0.316 e. The highest BCUT2D eigenvalue weighted by Gasteiger charge is 2.13. The maximum atomic E-state index is 5.54. The lowest BCUT2D eigenvalue weighted by molar-refractivity contribution is 0.171. The zero-order valence-corrected chi connectivity index (χ0v) is 9.92. The first kappa shape index (κ1) is 10.8. The molecule has 2 aromatic rings. The second-order valence-electron chi connectivity index (χ2n) is 3.79. The van der Waals surface area contributed by atoms with Gasteiger partial charge in [-0.25, -0.2) is 4.98 Å². The van der Waals surface area contributed by atoms with Gasteiger partial charge in [0.25, 0.3) is 0 Å². The Morgan fingerprint density at radius 1 is 1.11 bits per heavy atom. The molecule has 0 N–H and O–H groups in total. The van der Waals surface area contributed by atoms with Gasteiger partial charge in [0.15, 0.2) is 11.5 Å². The molecule has 5 nitrogen and oxygen atoms in total. The fraction of sp³-hybridized carbons (Fsp3) is 0.231. The second kappa shape index (κ2) is 4.52. The van der Waals surface area contributed by atoms with E-state index in [1.165, 1.54) is 0 Å². The Morgan fingerprint density at radius 3 is 2.78 bits per heavy atom. The molecule has 0 unspecified atom stereocenters. The highest BCUT2D eigenvalue weighted by Crippen LogP contribution is 2.34. The summed E-state index contributed by atoms with van der Waals surface area (Å²) in [5.41, 5.74) is 1.73. The Hall–Kier alpha value is -2.30. The summed E-state index contributed by atoms with van der Waals surface area (Å²) in [6.07, 6.45) is 1.66. The minimum absolute atomic E-state index is 0.349. The second-order valence-corrected chi connectivity index (χ2v) is 3.79. The summed E-state index contributed by atoms with van der Waals surface area (Å²) in [5.74, 6) is 1.52. The van der Waals surface area contributed by atoms with Gasteiger partial charge in [0.05, 0.1) is 12.8 Å². The van der Waals surface area contributed by atoms with Crippen LogP contribution in [-0.2, 0) is 0 Å². The number of hydrogen-bond acceptors (Lipinski definition) is 5. The van der Waals surface area contributed by atoms with Gasteiger partial charge in [0.2, 0.25) is 0 Å². The van der Waals surface area contributed by atoms with Crippen LogP contribution in [0.3, 0.4) is 0 Å². The van der Waals surface area contributed by atoms with Gasteiger partial charge < -0.3 is 14.2 Å². The average molecular weight is 244 g/mol. The third kappa shape index (κ3) is 1.95. The quantitative estimate of drug-likeness (QED) is 0.807. The van der Waals surface area contributed by atoms with Crippen LogP contribution in [0.4, 0.5) is 0 Å². The lowest BCUT2D eigenvalue weighted by Gasteiger charge is -2.18. The van der Waals surface area contributed by atoms with Gasteiger partial charge in [-0.05, 0) is 24.3 Å². The third-order valence-electron chi connectivity index (χ3n) is 2.65. The summed E-state index contributed by atoms with van der Waals surface area (Å²) in [4.78, 5) is 8.26. The van der Waals surface area contributed by atoms with E-state index in [0.29, 0.717) is 19.2 Å². The van der Waals surface area contributed by atoms with Gasteiger partial charge >= 0.3 is 6.01 Å². The van der Waals surface area contributed by atoms with Crippen molar-refractivity contribution in [3.63, 3.8) is 0 Å². The van der Waals surface area contributed by atoms with Crippen LogP contribution in [0.5, 0.6) is 17.5 Å². The molecule has 5 heteroatoms. The van der Waals surface area contributed by atoms with Crippen LogP contribution in [0, 0.1) is 0 Å². The molecule has 1 aliphatic rings. The summed E-state index contributed by atoms with van der Waals surface area (Å²) in [6.45, 7) is 1.16. The van der Waals surface area contributed by atoms with E-state index in [0.717, 1.165) is 22.8 Å². The number of ether oxygens (including phenoxy) is 3. The van der Waals surface area contributed by atoms with Crippen LogP contribution in [0.25, 0.3) is 11.3 Å². The molecule has 0 fully saturated rings. The summed E-state index contributed by atoms with van der Waals surface area (Å²) in [7, 11) is 1.54. The normalized spacial score (nSPS) is 13.2. The van der Waals surface area contributed by atoms with E-state index in [2.05, 4.69) is 9.97 Å². The topological polar surface area (TPSA) is 53.5 Å². The Morgan fingerprint density at radius 2 is 1.94 bits per heavy atom. The van der Waals surface area contributed by atoms with Crippen molar-refractivity contribution in [2.45, 2.75) is 0 Å². The zero-order valence-electron chi connectivity index (χ0n) is 9.92. The molecule has 1 aromatic heterocycles. The van der Waals surface area contributed by atoms with Crippen molar-refractivity contribution < 1.29 is 14.2 Å². The number of fused-ring (bicyclic) bond motifs is 1. The lowest BCUT2D eigenvalue weighted by Crippen LogP contribution is -2.15. The van der Waals surface area contributed by atoms with Crippen LogP contribution in [-0.4, -0.2) is 30.3 Å². The van der Waals surface area contributed by atoms with Gasteiger partial charge in [-0.15, -0.1) is 0 Å². The van der Waals surface area contributed by atoms with Crippen molar-refractivity contribution in [2.24, 2.45) is 0 Å². The number of methoxy groups -OCH3 is 1. The van der Waals surface area contributed by atoms with Gasteiger partial charge in [-0.3, -0.25) is 0 Å². The maximum Gasteiger partial charge on any atom is 0.316 e. The third-order valence-corrected chi connectivity index (χ3v) is 2.65. The summed E-state index contributed by atoms with van der Waals surface area (Å²) >= 11 is 0. The molecule has 0 saturated heterocycles. The van der Waals surface area contributed by atoms with Crippen LogP contribution in [0.15, 0.2) is 30.5 Å². The highest BCUT2D eigenvalue weighted by atomic mass is 16.6. The fourth-order valence-corrected chi connectivity index (χ4v) is 1.80. The first-order chi connectivity index (χ1) is 8.86. The molecule has 18 heavy (non-hydrogen) atoms. The molecule has 92 valence electrons. The molecular formula is C13H12N2O3. The Balaban J connectivity index is 2.00. The number of rotatable bonds is 2. The minimum Gasteiger partial charge on any atom is -0.486 e. The van der Waals surface area contributed by atoms with E-state index >= 15 is 0 Å². The average Bonchev–Trinajstić information content (AvgIpc) is 2.47. The van der Waals surface area contributed by atoms with Crippen molar-refractivity contribution in [1.29, 1.82) is 0 Å². The van der Waals surface area contributed by atoms with Crippen molar-refractivity contribution in [3.05, 3.63) is 30.5 Å². The minimum atomic E-state index is 0.349. The predicted octanol–water partition coefficient (Wildman–Crippen LogP) is 1.92. The first-order valence-corrected chi connectivity index (χ1v) is 5.64. The molecule has 1 aliphatic heterocycles. The fourth-order valence-electron chi connectivity index (χ4n) is 1.80. The largest absolute Gasteiger partial charge is 0.486 e. The van der Waals surface area contributed by atoms with E-state index < -0.39 is 0 Å². The maximum absolute atomic E-state index is 5.54. The molecule has 0 spiro atoms. The van der Waals surface area contributed by atoms with E-state index in [1.54, 1.807) is 13.3 Å². The molecule has 2 heterocycles. The van der Waals surface area contributed by atoms with Crippen molar-refractivity contribution in [2.75, 3.05) is 20.3 Å². The van der Waals surface area contributed by atoms with Gasteiger partial charge in [0, 0.05) is 11.8 Å². The van der Waals surface area contributed by atoms with Crippen LogP contribution < -0.4 is 14.2 Å². The number of aromatic nitrogens is 2. The lowest BCUT2D eigenvalue weighted by atomic mass is 10.1. The first-order valence-electron chi connectivity index (χ1n) is 5.64. The van der Waals surface area contributed by atoms with Crippen molar-refractivity contribution in [3.8, 4) is 28.8 Å². The summed E-state index contributed by atoms with van der Waals surface area (Å²) < 4.78 is 16.0. The molecule has 3 rings (SSSR count). The van der Waals surface area contributed by atoms with Crippen molar-refractivity contribution in [1.82, 2.24) is 9.97 Å².